The Morgan fingerprint density at radius 1 is 1.40 bits per heavy atom. The molecule has 0 aromatic heterocycles. The van der Waals surface area contributed by atoms with Crippen molar-refractivity contribution in [1.82, 2.24) is 0 Å². The predicted molar refractivity (Wildman–Crippen MR) is 75.0 cm³/mol. The highest BCUT2D eigenvalue weighted by atomic mass is 16.5. The summed E-state index contributed by atoms with van der Waals surface area (Å²) < 4.78 is 10.8. The van der Waals surface area contributed by atoms with Crippen LogP contribution in [0.15, 0.2) is 30.3 Å². The van der Waals surface area contributed by atoms with Gasteiger partial charge in [0.25, 0.3) is 0 Å². The summed E-state index contributed by atoms with van der Waals surface area (Å²) in [6, 6.07) is 9.60. The molecule has 1 heterocycles. The van der Waals surface area contributed by atoms with Gasteiger partial charge in [0.2, 0.25) is 0 Å². The van der Waals surface area contributed by atoms with Crippen molar-refractivity contribution in [3.8, 4) is 0 Å². The number of esters is 1. The minimum absolute atomic E-state index is 0.0553. The van der Waals surface area contributed by atoms with Crippen LogP contribution in [0.2, 0.25) is 0 Å². The minimum atomic E-state index is -0.510. The van der Waals surface area contributed by atoms with Gasteiger partial charge >= 0.3 is 5.97 Å². The van der Waals surface area contributed by atoms with Crippen molar-refractivity contribution < 1.29 is 19.4 Å². The zero-order valence-corrected chi connectivity index (χ0v) is 11.8. The molecule has 0 aliphatic carbocycles. The van der Waals surface area contributed by atoms with Crippen molar-refractivity contribution in [2.24, 2.45) is 11.8 Å². The zero-order valence-electron chi connectivity index (χ0n) is 11.8. The Balaban J connectivity index is 1.87. The Kier molecular flexibility index (Phi) is 5.56. The van der Waals surface area contributed by atoms with Gasteiger partial charge in [0.15, 0.2) is 0 Å². The fourth-order valence-electron chi connectivity index (χ4n) is 2.31. The van der Waals surface area contributed by atoms with Crippen LogP contribution >= 0.6 is 0 Å². The first kappa shape index (κ1) is 15.0. The van der Waals surface area contributed by atoms with Crippen LogP contribution in [-0.2, 0) is 20.9 Å². The highest BCUT2D eigenvalue weighted by Crippen LogP contribution is 2.22. The van der Waals surface area contributed by atoms with Gasteiger partial charge < -0.3 is 14.6 Å². The maximum Gasteiger partial charge on any atom is 0.309 e. The van der Waals surface area contributed by atoms with E-state index in [1.54, 1.807) is 0 Å². The maximum absolute atomic E-state index is 12.1. The fraction of sp³-hybridized carbons (Fsp3) is 0.562. The molecular weight excluding hydrogens is 256 g/mol. The third-order valence-corrected chi connectivity index (χ3v) is 3.73. The number of ether oxygens (including phenoxy) is 2. The van der Waals surface area contributed by atoms with E-state index >= 15 is 0 Å². The molecule has 0 amide bonds. The molecule has 2 rings (SSSR count). The lowest BCUT2D eigenvalue weighted by Crippen LogP contribution is -2.32. The number of carbonyl (C=O) groups excluding carboxylic acids is 1. The van der Waals surface area contributed by atoms with Crippen LogP contribution in [0.5, 0.6) is 0 Å². The van der Waals surface area contributed by atoms with E-state index in [4.69, 9.17) is 9.47 Å². The Morgan fingerprint density at radius 2 is 2.15 bits per heavy atom. The van der Waals surface area contributed by atoms with Gasteiger partial charge in [-0.3, -0.25) is 4.79 Å². The Labute approximate surface area is 119 Å². The SMILES string of the molecule is C[C@H]1COCCC(C(=O)OCc2ccccc2)C[C@@H]1O. The van der Waals surface area contributed by atoms with Gasteiger partial charge in [-0.05, 0) is 18.4 Å². The molecule has 1 aromatic rings. The van der Waals surface area contributed by atoms with Crippen LogP contribution < -0.4 is 0 Å². The van der Waals surface area contributed by atoms with Gasteiger partial charge in [-0.1, -0.05) is 37.3 Å². The highest BCUT2D eigenvalue weighted by molar-refractivity contribution is 5.72. The van der Waals surface area contributed by atoms with E-state index < -0.39 is 6.10 Å². The number of hydrogen-bond acceptors (Lipinski definition) is 4. The second kappa shape index (κ2) is 7.41. The lowest BCUT2D eigenvalue weighted by molar-refractivity contribution is -0.153. The second-order valence-electron chi connectivity index (χ2n) is 5.43. The molecule has 20 heavy (non-hydrogen) atoms. The van der Waals surface area contributed by atoms with Crippen LogP contribution in [0.25, 0.3) is 0 Å². The molecule has 0 saturated carbocycles. The molecule has 0 bridgehead atoms. The smallest absolute Gasteiger partial charge is 0.309 e. The Hall–Kier alpha value is -1.39. The average Bonchev–Trinajstić information content (AvgIpc) is 2.46. The number of benzene rings is 1. The van der Waals surface area contributed by atoms with Crippen molar-refractivity contribution in [3.63, 3.8) is 0 Å². The predicted octanol–water partition coefficient (Wildman–Crippen LogP) is 2.15. The lowest BCUT2D eigenvalue weighted by Gasteiger charge is -2.26. The second-order valence-corrected chi connectivity index (χ2v) is 5.43. The van der Waals surface area contributed by atoms with Crippen LogP contribution in [0.1, 0.15) is 25.3 Å². The number of rotatable bonds is 3. The number of aliphatic hydroxyl groups excluding tert-OH is 1. The Morgan fingerprint density at radius 3 is 2.90 bits per heavy atom. The molecule has 1 aliphatic heterocycles. The van der Waals surface area contributed by atoms with E-state index in [1.807, 2.05) is 37.3 Å². The van der Waals surface area contributed by atoms with Gasteiger partial charge in [0, 0.05) is 12.5 Å². The van der Waals surface area contributed by atoms with Gasteiger partial charge in [-0.2, -0.15) is 0 Å². The third-order valence-electron chi connectivity index (χ3n) is 3.73. The lowest BCUT2D eigenvalue weighted by atomic mass is 9.91. The Bertz CT molecular complexity index is 418. The van der Waals surface area contributed by atoms with Gasteiger partial charge in [0.05, 0.1) is 18.6 Å². The first-order valence-electron chi connectivity index (χ1n) is 7.13. The summed E-state index contributed by atoms with van der Waals surface area (Å²) in [6.45, 7) is 3.31. The first-order valence-corrected chi connectivity index (χ1v) is 7.13. The van der Waals surface area contributed by atoms with Gasteiger partial charge in [-0.25, -0.2) is 0 Å². The average molecular weight is 278 g/mol. The summed E-state index contributed by atoms with van der Waals surface area (Å²) >= 11 is 0. The highest BCUT2D eigenvalue weighted by Gasteiger charge is 2.28. The molecule has 0 radical (unpaired) electrons. The van der Waals surface area contributed by atoms with Crippen molar-refractivity contribution in [1.29, 1.82) is 0 Å². The standard InChI is InChI=1S/C16H22O4/c1-12-10-19-8-7-14(9-15(12)17)16(18)20-11-13-5-3-2-4-6-13/h2-6,12,14-15,17H,7-11H2,1H3/t12-,14?,15-/m0/s1. The van der Waals surface area contributed by atoms with Crippen molar-refractivity contribution in [3.05, 3.63) is 35.9 Å². The topological polar surface area (TPSA) is 55.8 Å². The molecular formula is C16H22O4. The number of aliphatic hydroxyl groups is 1. The molecule has 1 fully saturated rings. The molecule has 4 heteroatoms. The van der Waals surface area contributed by atoms with Crippen LogP contribution in [0, 0.1) is 11.8 Å². The summed E-state index contributed by atoms with van der Waals surface area (Å²) in [5, 5.41) is 10.00. The molecule has 4 nitrogen and oxygen atoms in total. The minimum Gasteiger partial charge on any atom is -0.461 e. The van der Waals surface area contributed by atoms with E-state index in [9.17, 15) is 9.90 Å². The van der Waals surface area contributed by atoms with Gasteiger partial charge in [0.1, 0.15) is 6.61 Å². The van der Waals surface area contributed by atoms with E-state index in [1.165, 1.54) is 0 Å². The van der Waals surface area contributed by atoms with E-state index in [0.29, 0.717) is 26.1 Å². The van der Waals surface area contributed by atoms with Crippen LogP contribution in [0.3, 0.4) is 0 Å². The van der Waals surface area contributed by atoms with E-state index in [2.05, 4.69) is 0 Å². The summed E-state index contributed by atoms with van der Waals surface area (Å²) in [5.41, 5.74) is 0.969. The molecule has 1 aliphatic rings. The zero-order chi connectivity index (χ0) is 14.4. The molecule has 1 N–H and O–H groups in total. The summed E-state index contributed by atoms with van der Waals surface area (Å²) in [6.07, 6.45) is 0.555. The molecule has 3 atom stereocenters. The monoisotopic (exact) mass is 278 g/mol. The quantitative estimate of drug-likeness (QED) is 0.861. The number of hydrogen-bond donors (Lipinski definition) is 1. The molecule has 1 saturated heterocycles. The van der Waals surface area contributed by atoms with Crippen molar-refractivity contribution in [2.75, 3.05) is 13.2 Å². The molecule has 1 aromatic carbocycles. The largest absolute Gasteiger partial charge is 0.461 e. The summed E-state index contributed by atoms with van der Waals surface area (Å²) in [4.78, 5) is 12.1. The van der Waals surface area contributed by atoms with Crippen LogP contribution in [0.4, 0.5) is 0 Å². The molecule has 110 valence electrons. The summed E-state index contributed by atoms with van der Waals surface area (Å²) in [7, 11) is 0. The number of carbonyl (C=O) groups is 1. The van der Waals surface area contributed by atoms with Crippen molar-refractivity contribution in [2.45, 2.75) is 32.5 Å². The maximum atomic E-state index is 12.1. The third kappa shape index (κ3) is 4.32. The van der Waals surface area contributed by atoms with Crippen LogP contribution in [-0.4, -0.2) is 30.4 Å². The van der Waals surface area contributed by atoms with Crippen molar-refractivity contribution >= 4 is 5.97 Å². The first-order chi connectivity index (χ1) is 9.66. The molecule has 1 unspecified atom stereocenters. The van der Waals surface area contributed by atoms with E-state index in [0.717, 1.165) is 5.56 Å². The molecule has 0 spiro atoms. The summed E-state index contributed by atoms with van der Waals surface area (Å²) in [5.74, 6) is -0.471. The van der Waals surface area contributed by atoms with Gasteiger partial charge in [-0.15, -0.1) is 0 Å². The fourth-order valence-corrected chi connectivity index (χ4v) is 2.31. The van der Waals surface area contributed by atoms with E-state index in [-0.39, 0.29) is 24.4 Å². The normalized spacial score (nSPS) is 27.4.